The molecule has 7 nitrogen and oxygen atoms in total. The van der Waals surface area contributed by atoms with Gasteiger partial charge in [-0.3, -0.25) is 9.69 Å². The first-order valence-corrected chi connectivity index (χ1v) is 9.25. The highest BCUT2D eigenvalue weighted by atomic mass is 16.5. The molecule has 0 radical (unpaired) electrons. The summed E-state index contributed by atoms with van der Waals surface area (Å²) < 4.78 is 5.82. The highest BCUT2D eigenvalue weighted by Crippen LogP contribution is 2.28. The molecule has 2 saturated heterocycles. The summed E-state index contributed by atoms with van der Waals surface area (Å²) in [5.41, 5.74) is 1.62. The molecule has 4 atom stereocenters. The van der Waals surface area contributed by atoms with Crippen LogP contribution in [-0.4, -0.2) is 85.7 Å². The number of amides is 1. The van der Waals surface area contributed by atoms with Gasteiger partial charge >= 0.3 is 0 Å². The molecule has 0 unspecified atom stereocenters. The molecule has 26 heavy (non-hydrogen) atoms. The number of aliphatic hydroxyl groups excluding tert-OH is 2. The van der Waals surface area contributed by atoms with Crippen LogP contribution in [0.4, 0.5) is 5.69 Å². The van der Waals surface area contributed by atoms with Crippen molar-refractivity contribution in [3.63, 3.8) is 0 Å². The standard InChI is InChI=1S/C19H29N3O4/c1-21(2)14-7-5-13(6-8-14)19(25)20-11-15-17(22-9-3-4-10-22)18(24)16(12-23)26-15/h5-8,15-18,23-24H,3-4,9-12H2,1-2H3,(H,20,25)/t15-,16+,17+,18-/m1/s1. The molecule has 0 aromatic heterocycles. The third kappa shape index (κ3) is 4.01. The summed E-state index contributed by atoms with van der Waals surface area (Å²) in [5, 5.41) is 22.9. The maximum absolute atomic E-state index is 12.4. The second-order valence-electron chi connectivity index (χ2n) is 7.27. The number of benzene rings is 1. The van der Waals surface area contributed by atoms with Gasteiger partial charge in [-0.15, -0.1) is 0 Å². The lowest BCUT2D eigenvalue weighted by molar-refractivity contribution is -0.0209. The fraction of sp³-hybridized carbons (Fsp3) is 0.632. The second-order valence-corrected chi connectivity index (χ2v) is 7.27. The van der Waals surface area contributed by atoms with Crippen molar-refractivity contribution in [3.05, 3.63) is 29.8 Å². The van der Waals surface area contributed by atoms with Crippen LogP contribution in [-0.2, 0) is 4.74 Å². The Kier molecular flexibility index (Phi) is 6.13. The van der Waals surface area contributed by atoms with Crippen LogP contribution in [0.15, 0.2) is 24.3 Å². The molecule has 1 aromatic carbocycles. The summed E-state index contributed by atoms with van der Waals surface area (Å²) in [6.07, 6.45) is 0.542. The van der Waals surface area contributed by atoms with Gasteiger partial charge < -0.3 is 25.2 Å². The topological polar surface area (TPSA) is 85.3 Å². The Morgan fingerprint density at radius 1 is 1.23 bits per heavy atom. The average Bonchev–Trinajstić information content (AvgIpc) is 3.27. The van der Waals surface area contributed by atoms with Gasteiger partial charge in [-0.2, -0.15) is 0 Å². The molecule has 2 fully saturated rings. The molecule has 3 rings (SSSR count). The van der Waals surface area contributed by atoms with Crippen molar-refractivity contribution in [2.24, 2.45) is 0 Å². The zero-order valence-electron chi connectivity index (χ0n) is 15.5. The highest BCUT2D eigenvalue weighted by Gasteiger charge is 2.46. The second kappa shape index (κ2) is 8.35. The van der Waals surface area contributed by atoms with Gasteiger partial charge in [0.1, 0.15) is 12.2 Å². The molecule has 0 spiro atoms. The number of carbonyl (C=O) groups excluding carboxylic acids is 1. The summed E-state index contributed by atoms with van der Waals surface area (Å²) in [5.74, 6) is -0.166. The predicted octanol–water partition coefficient (Wildman–Crippen LogP) is 0.0674. The first-order chi connectivity index (χ1) is 12.5. The molecule has 7 heteroatoms. The van der Waals surface area contributed by atoms with Crippen LogP contribution in [0, 0.1) is 0 Å². The van der Waals surface area contributed by atoms with Crippen LogP contribution in [0.25, 0.3) is 0 Å². The number of rotatable bonds is 6. The lowest BCUT2D eigenvalue weighted by Crippen LogP contribution is -2.50. The first-order valence-electron chi connectivity index (χ1n) is 9.25. The zero-order valence-corrected chi connectivity index (χ0v) is 15.5. The summed E-state index contributed by atoms with van der Waals surface area (Å²) in [7, 11) is 3.90. The van der Waals surface area contributed by atoms with Crippen LogP contribution in [0.1, 0.15) is 23.2 Å². The molecule has 0 aliphatic carbocycles. The van der Waals surface area contributed by atoms with Gasteiger partial charge in [-0.1, -0.05) is 0 Å². The predicted molar refractivity (Wildman–Crippen MR) is 99.5 cm³/mol. The Labute approximate surface area is 154 Å². The highest BCUT2D eigenvalue weighted by molar-refractivity contribution is 5.94. The number of ether oxygens (including phenoxy) is 1. The quantitative estimate of drug-likeness (QED) is 0.663. The van der Waals surface area contributed by atoms with Gasteiger partial charge in [0.15, 0.2) is 0 Å². The Morgan fingerprint density at radius 2 is 1.88 bits per heavy atom. The van der Waals surface area contributed by atoms with Crippen LogP contribution < -0.4 is 10.2 Å². The molecule has 2 aliphatic rings. The number of anilines is 1. The molecule has 2 aliphatic heterocycles. The van der Waals surface area contributed by atoms with Crippen molar-refractivity contribution in [2.75, 3.05) is 45.2 Å². The average molecular weight is 363 g/mol. The van der Waals surface area contributed by atoms with E-state index < -0.39 is 12.2 Å². The van der Waals surface area contributed by atoms with E-state index >= 15 is 0 Å². The van der Waals surface area contributed by atoms with E-state index in [1.54, 1.807) is 12.1 Å². The summed E-state index contributed by atoms with van der Waals surface area (Å²) in [4.78, 5) is 16.6. The van der Waals surface area contributed by atoms with E-state index in [2.05, 4.69) is 10.2 Å². The molecule has 0 saturated carbocycles. The van der Waals surface area contributed by atoms with Crippen molar-refractivity contribution in [1.82, 2.24) is 10.2 Å². The smallest absolute Gasteiger partial charge is 0.251 e. The van der Waals surface area contributed by atoms with Gasteiger partial charge in [0, 0.05) is 31.9 Å². The Bertz CT molecular complexity index is 601. The maximum Gasteiger partial charge on any atom is 0.251 e. The van der Waals surface area contributed by atoms with Crippen LogP contribution in [0.2, 0.25) is 0 Å². The minimum absolute atomic E-state index is 0.166. The molecule has 1 aromatic rings. The molecule has 144 valence electrons. The monoisotopic (exact) mass is 363 g/mol. The number of hydrogen-bond acceptors (Lipinski definition) is 6. The fourth-order valence-corrected chi connectivity index (χ4v) is 3.84. The number of carbonyl (C=O) groups is 1. The summed E-state index contributed by atoms with van der Waals surface area (Å²) >= 11 is 0. The lowest BCUT2D eigenvalue weighted by Gasteiger charge is -2.30. The van der Waals surface area contributed by atoms with Crippen molar-refractivity contribution >= 4 is 11.6 Å². The van der Waals surface area contributed by atoms with Crippen molar-refractivity contribution < 1.29 is 19.7 Å². The van der Waals surface area contributed by atoms with Gasteiger partial charge in [0.05, 0.1) is 18.8 Å². The molecule has 1 amide bonds. The lowest BCUT2D eigenvalue weighted by atomic mass is 10.0. The molecular formula is C19H29N3O4. The van der Waals surface area contributed by atoms with Crippen molar-refractivity contribution in [2.45, 2.75) is 37.2 Å². The van der Waals surface area contributed by atoms with E-state index in [0.29, 0.717) is 12.1 Å². The van der Waals surface area contributed by atoms with Gasteiger partial charge in [0.2, 0.25) is 0 Å². The first kappa shape index (κ1) is 19.1. The zero-order chi connectivity index (χ0) is 18.7. The van der Waals surface area contributed by atoms with Gasteiger partial charge in [-0.05, 0) is 50.2 Å². The van der Waals surface area contributed by atoms with Crippen LogP contribution in [0.3, 0.4) is 0 Å². The van der Waals surface area contributed by atoms with E-state index in [4.69, 9.17) is 4.74 Å². The molecule has 3 N–H and O–H groups in total. The number of nitrogens with zero attached hydrogens (tertiary/aromatic N) is 2. The molecule has 2 heterocycles. The van der Waals surface area contributed by atoms with Crippen LogP contribution >= 0.6 is 0 Å². The summed E-state index contributed by atoms with van der Waals surface area (Å²) in [6.45, 7) is 1.92. The number of aliphatic hydroxyl groups is 2. The third-order valence-corrected chi connectivity index (χ3v) is 5.31. The summed E-state index contributed by atoms with van der Waals surface area (Å²) in [6, 6.07) is 7.21. The number of likely N-dealkylation sites (tertiary alicyclic amines) is 1. The van der Waals surface area contributed by atoms with E-state index in [-0.39, 0.29) is 24.7 Å². The maximum atomic E-state index is 12.4. The number of hydrogen-bond donors (Lipinski definition) is 3. The largest absolute Gasteiger partial charge is 0.394 e. The molecular weight excluding hydrogens is 334 g/mol. The fourth-order valence-electron chi connectivity index (χ4n) is 3.84. The Morgan fingerprint density at radius 3 is 2.46 bits per heavy atom. The Balaban J connectivity index is 1.62. The van der Waals surface area contributed by atoms with Gasteiger partial charge in [-0.25, -0.2) is 0 Å². The minimum Gasteiger partial charge on any atom is -0.394 e. The normalized spacial score (nSPS) is 29.1. The van der Waals surface area contributed by atoms with Gasteiger partial charge in [0.25, 0.3) is 5.91 Å². The van der Waals surface area contributed by atoms with E-state index in [1.807, 2.05) is 31.1 Å². The van der Waals surface area contributed by atoms with E-state index in [9.17, 15) is 15.0 Å². The molecule has 0 bridgehead atoms. The van der Waals surface area contributed by atoms with Crippen molar-refractivity contribution in [1.29, 1.82) is 0 Å². The van der Waals surface area contributed by atoms with E-state index in [0.717, 1.165) is 31.6 Å². The third-order valence-electron chi connectivity index (χ3n) is 5.31. The number of nitrogens with one attached hydrogen (secondary N) is 1. The van der Waals surface area contributed by atoms with Crippen molar-refractivity contribution in [3.8, 4) is 0 Å². The SMILES string of the molecule is CN(C)c1ccc(C(=O)NC[C@H]2O[C@@H](CO)[C@@H](O)[C@H]2N2CCCC2)cc1. The Hall–Kier alpha value is -1.67. The van der Waals surface area contributed by atoms with E-state index in [1.165, 1.54) is 0 Å². The van der Waals surface area contributed by atoms with Crippen LogP contribution in [0.5, 0.6) is 0 Å². The minimum atomic E-state index is -0.737.